The summed E-state index contributed by atoms with van der Waals surface area (Å²) in [7, 11) is 3.61. The maximum Gasteiger partial charge on any atom is 0.340 e. The molecule has 0 saturated carbocycles. The van der Waals surface area contributed by atoms with Crippen LogP contribution in [0, 0.1) is 0 Å². The zero-order chi connectivity index (χ0) is 14.3. The first-order chi connectivity index (χ1) is 9.10. The molecule has 0 unspecified atom stereocenters. The average Bonchev–Trinajstić information content (AvgIpc) is 2.39. The molecular weight excluding hydrogens is 244 g/mol. The van der Waals surface area contributed by atoms with Crippen LogP contribution in [0.2, 0.25) is 0 Å². The van der Waals surface area contributed by atoms with Gasteiger partial charge in [0.2, 0.25) is 0 Å². The number of methoxy groups -OCH3 is 1. The number of rotatable bonds is 7. The minimum atomic E-state index is -0.344. The second-order valence-corrected chi connectivity index (χ2v) is 4.26. The Kier molecular flexibility index (Phi) is 6.15. The highest BCUT2D eigenvalue weighted by atomic mass is 16.5. The standard InChI is InChI=1S/C14H22N2O3/c1-4-19-14(17)12-10-11(15)6-7-13(12)16(2)8-5-9-18-3/h6-7,10H,4-5,8-9,15H2,1-3H3. The largest absolute Gasteiger partial charge is 0.462 e. The molecule has 0 aromatic heterocycles. The summed E-state index contributed by atoms with van der Waals surface area (Å²) >= 11 is 0. The van der Waals surface area contributed by atoms with E-state index in [9.17, 15) is 4.79 Å². The Hall–Kier alpha value is -1.75. The van der Waals surface area contributed by atoms with E-state index < -0.39 is 0 Å². The Morgan fingerprint density at radius 1 is 1.42 bits per heavy atom. The molecule has 5 nitrogen and oxygen atoms in total. The van der Waals surface area contributed by atoms with E-state index in [1.807, 2.05) is 18.0 Å². The van der Waals surface area contributed by atoms with Crippen LogP contribution in [0.4, 0.5) is 11.4 Å². The lowest BCUT2D eigenvalue weighted by Gasteiger charge is -2.22. The van der Waals surface area contributed by atoms with Gasteiger partial charge in [0.1, 0.15) is 0 Å². The van der Waals surface area contributed by atoms with Gasteiger partial charge < -0.3 is 20.1 Å². The minimum Gasteiger partial charge on any atom is -0.462 e. The third-order valence-electron chi connectivity index (χ3n) is 2.77. The molecule has 0 atom stereocenters. The molecule has 5 heteroatoms. The number of esters is 1. The van der Waals surface area contributed by atoms with Crippen molar-refractivity contribution < 1.29 is 14.3 Å². The normalized spacial score (nSPS) is 10.3. The number of ether oxygens (including phenoxy) is 2. The topological polar surface area (TPSA) is 64.8 Å². The number of anilines is 2. The van der Waals surface area contributed by atoms with E-state index in [1.54, 1.807) is 26.2 Å². The van der Waals surface area contributed by atoms with Gasteiger partial charge >= 0.3 is 5.97 Å². The van der Waals surface area contributed by atoms with Gasteiger partial charge in [0.15, 0.2) is 0 Å². The van der Waals surface area contributed by atoms with Crippen LogP contribution in [0.3, 0.4) is 0 Å². The van der Waals surface area contributed by atoms with Crippen molar-refractivity contribution in [3.63, 3.8) is 0 Å². The highest BCUT2D eigenvalue weighted by Crippen LogP contribution is 2.23. The maximum absolute atomic E-state index is 11.9. The fraction of sp³-hybridized carbons (Fsp3) is 0.500. The fourth-order valence-corrected chi connectivity index (χ4v) is 1.83. The molecule has 19 heavy (non-hydrogen) atoms. The van der Waals surface area contributed by atoms with Gasteiger partial charge in [0.05, 0.1) is 17.9 Å². The maximum atomic E-state index is 11.9. The van der Waals surface area contributed by atoms with Gasteiger partial charge in [0, 0.05) is 33.0 Å². The van der Waals surface area contributed by atoms with Gasteiger partial charge in [-0.15, -0.1) is 0 Å². The lowest BCUT2D eigenvalue weighted by molar-refractivity contribution is 0.0527. The highest BCUT2D eigenvalue weighted by molar-refractivity contribution is 5.97. The predicted molar refractivity (Wildman–Crippen MR) is 76.6 cm³/mol. The smallest absolute Gasteiger partial charge is 0.340 e. The SMILES string of the molecule is CCOC(=O)c1cc(N)ccc1N(C)CCCOC. The first kappa shape index (κ1) is 15.3. The Morgan fingerprint density at radius 3 is 2.79 bits per heavy atom. The average molecular weight is 266 g/mol. The van der Waals surface area contributed by atoms with Crippen LogP contribution in [0.5, 0.6) is 0 Å². The van der Waals surface area contributed by atoms with Crippen molar-refractivity contribution in [2.75, 3.05) is 44.5 Å². The Labute approximate surface area is 114 Å². The third-order valence-corrected chi connectivity index (χ3v) is 2.77. The molecule has 0 aliphatic rings. The van der Waals surface area contributed by atoms with Crippen molar-refractivity contribution in [2.45, 2.75) is 13.3 Å². The number of carbonyl (C=O) groups excluding carboxylic acids is 1. The van der Waals surface area contributed by atoms with Gasteiger partial charge in [0.25, 0.3) is 0 Å². The van der Waals surface area contributed by atoms with Crippen LogP contribution in [0.25, 0.3) is 0 Å². The number of hydrogen-bond acceptors (Lipinski definition) is 5. The summed E-state index contributed by atoms with van der Waals surface area (Å²) in [5, 5.41) is 0. The van der Waals surface area contributed by atoms with Crippen molar-refractivity contribution in [3.8, 4) is 0 Å². The van der Waals surface area contributed by atoms with Crippen LogP contribution in [0.15, 0.2) is 18.2 Å². The molecule has 0 saturated heterocycles. The van der Waals surface area contributed by atoms with Gasteiger partial charge in [-0.2, -0.15) is 0 Å². The number of nitrogens with zero attached hydrogens (tertiary/aromatic N) is 1. The Bertz CT molecular complexity index is 421. The highest BCUT2D eigenvalue weighted by Gasteiger charge is 2.15. The summed E-state index contributed by atoms with van der Waals surface area (Å²) < 4.78 is 10.1. The zero-order valence-corrected chi connectivity index (χ0v) is 11.8. The minimum absolute atomic E-state index is 0.344. The summed E-state index contributed by atoms with van der Waals surface area (Å²) in [6.45, 7) is 3.62. The van der Waals surface area contributed by atoms with Crippen LogP contribution >= 0.6 is 0 Å². The summed E-state index contributed by atoms with van der Waals surface area (Å²) in [6, 6.07) is 5.28. The van der Waals surface area contributed by atoms with Gasteiger partial charge in [-0.05, 0) is 31.5 Å². The lowest BCUT2D eigenvalue weighted by Crippen LogP contribution is -2.22. The molecule has 0 bridgehead atoms. The van der Waals surface area contributed by atoms with E-state index in [1.165, 1.54) is 0 Å². The van der Waals surface area contributed by atoms with Crippen molar-refractivity contribution >= 4 is 17.3 Å². The van der Waals surface area contributed by atoms with E-state index in [2.05, 4.69) is 0 Å². The molecule has 0 amide bonds. The predicted octanol–water partition coefficient (Wildman–Crippen LogP) is 1.92. The zero-order valence-electron chi connectivity index (χ0n) is 11.8. The molecule has 1 aromatic rings. The summed E-state index contributed by atoms with van der Waals surface area (Å²) in [5.41, 5.74) is 7.61. The number of hydrogen-bond donors (Lipinski definition) is 1. The quantitative estimate of drug-likeness (QED) is 0.464. The van der Waals surface area contributed by atoms with Crippen molar-refractivity contribution in [1.82, 2.24) is 0 Å². The molecule has 0 spiro atoms. The van der Waals surface area contributed by atoms with E-state index >= 15 is 0 Å². The molecule has 0 heterocycles. The van der Waals surface area contributed by atoms with E-state index in [-0.39, 0.29) is 5.97 Å². The van der Waals surface area contributed by atoms with Crippen LogP contribution in [0.1, 0.15) is 23.7 Å². The van der Waals surface area contributed by atoms with Crippen LogP contribution < -0.4 is 10.6 Å². The molecule has 0 aliphatic carbocycles. The van der Waals surface area contributed by atoms with Gasteiger partial charge in [-0.1, -0.05) is 0 Å². The second-order valence-electron chi connectivity index (χ2n) is 4.26. The lowest BCUT2D eigenvalue weighted by atomic mass is 10.1. The molecular formula is C14H22N2O3. The van der Waals surface area contributed by atoms with Gasteiger partial charge in [-0.3, -0.25) is 0 Å². The summed E-state index contributed by atoms with van der Waals surface area (Å²) in [5.74, 6) is -0.344. The van der Waals surface area contributed by atoms with E-state index in [0.717, 1.165) is 18.7 Å². The first-order valence-corrected chi connectivity index (χ1v) is 6.36. The fourth-order valence-electron chi connectivity index (χ4n) is 1.83. The summed E-state index contributed by atoms with van der Waals surface area (Å²) in [4.78, 5) is 13.9. The number of nitrogen functional groups attached to an aromatic ring is 1. The molecule has 0 fully saturated rings. The van der Waals surface area contributed by atoms with Gasteiger partial charge in [-0.25, -0.2) is 4.79 Å². The van der Waals surface area contributed by atoms with Crippen molar-refractivity contribution in [3.05, 3.63) is 23.8 Å². The number of benzene rings is 1. The Balaban J connectivity index is 2.89. The molecule has 2 N–H and O–H groups in total. The first-order valence-electron chi connectivity index (χ1n) is 6.36. The van der Waals surface area contributed by atoms with E-state index in [4.69, 9.17) is 15.2 Å². The second kappa shape index (κ2) is 7.63. The van der Waals surface area contributed by atoms with Crippen LogP contribution in [-0.4, -0.2) is 39.9 Å². The molecule has 1 rings (SSSR count). The molecule has 0 aliphatic heterocycles. The molecule has 0 radical (unpaired) electrons. The number of nitrogens with two attached hydrogens (primary N) is 1. The van der Waals surface area contributed by atoms with Crippen molar-refractivity contribution in [1.29, 1.82) is 0 Å². The van der Waals surface area contributed by atoms with Crippen molar-refractivity contribution in [2.24, 2.45) is 0 Å². The number of carbonyl (C=O) groups is 1. The molecule has 1 aromatic carbocycles. The van der Waals surface area contributed by atoms with Crippen LogP contribution in [-0.2, 0) is 9.47 Å². The molecule has 106 valence electrons. The third kappa shape index (κ3) is 4.44. The van der Waals surface area contributed by atoms with E-state index in [0.29, 0.717) is 24.5 Å². The monoisotopic (exact) mass is 266 g/mol. The summed E-state index contributed by atoms with van der Waals surface area (Å²) in [6.07, 6.45) is 0.889. The Morgan fingerprint density at radius 2 is 2.16 bits per heavy atom.